The van der Waals surface area contributed by atoms with Crippen LogP contribution >= 0.6 is 11.6 Å². The predicted molar refractivity (Wildman–Crippen MR) is 119 cm³/mol. The SMILES string of the molecule is CC(Nc1nc2ccc(Cl)cc2o1)C1CCC(c2ccnc3ccc(F)cc23)CC1. The Labute approximate surface area is 179 Å². The fraction of sp³-hybridized carbons (Fsp3) is 0.333. The second-order valence-electron chi connectivity index (χ2n) is 8.24. The van der Waals surface area contributed by atoms with Crippen LogP contribution in [0.25, 0.3) is 22.0 Å². The van der Waals surface area contributed by atoms with Crippen molar-refractivity contribution in [3.05, 3.63) is 65.1 Å². The minimum Gasteiger partial charge on any atom is -0.423 e. The van der Waals surface area contributed by atoms with Crippen LogP contribution in [0, 0.1) is 11.7 Å². The van der Waals surface area contributed by atoms with Gasteiger partial charge in [-0.05, 0) is 86.4 Å². The van der Waals surface area contributed by atoms with Gasteiger partial charge in [-0.25, -0.2) is 4.39 Å². The largest absolute Gasteiger partial charge is 0.423 e. The minimum atomic E-state index is -0.206. The highest BCUT2D eigenvalue weighted by atomic mass is 35.5. The molecular formula is C24H23ClFN3O. The highest BCUT2D eigenvalue weighted by Crippen LogP contribution is 2.40. The summed E-state index contributed by atoms with van der Waals surface area (Å²) in [5.41, 5.74) is 3.57. The van der Waals surface area contributed by atoms with Crippen LogP contribution in [0.15, 0.2) is 53.1 Å². The smallest absolute Gasteiger partial charge is 0.295 e. The van der Waals surface area contributed by atoms with E-state index in [1.807, 2.05) is 18.3 Å². The molecule has 6 heteroatoms. The third kappa shape index (κ3) is 3.74. The van der Waals surface area contributed by atoms with Crippen LogP contribution in [0.5, 0.6) is 0 Å². The van der Waals surface area contributed by atoms with Crippen LogP contribution in [-0.4, -0.2) is 16.0 Å². The number of hydrogen-bond donors (Lipinski definition) is 1. The standard InChI is InChI=1S/C24H23ClFN3O/c1-14(28-24-29-22-8-6-17(25)12-23(22)30-24)15-2-4-16(5-3-15)19-10-11-27-21-9-7-18(26)13-20(19)21/h6-16H,2-5H2,1H3,(H,28,29). The first-order chi connectivity index (χ1) is 14.6. The molecule has 0 saturated heterocycles. The van der Waals surface area contributed by atoms with Crippen LogP contribution in [0.1, 0.15) is 44.1 Å². The first kappa shape index (κ1) is 19.3. The number of aromatic nitrogens is 2. The van der Waals surface area contributed by atoms with Gasteiger partial charge in [0.25, 0.3) is 6.01 Å². The van der Waals surface area contributed by atoms with Crippen molar-refractivity contribution in [3.8, 4) is 0 Å². The summed E-state index contributed by atoms with van der Waals surface area (Å²) in [6.07, 6.45) is 6.20. The molecule has 1 atom stereocenters. The molecule has 0 spiro atoms. The number of rotatable bonds is 4. The number of anilines is 1. The van der Waals surface area contributed by atoms with Crippen molar-refractivity contribution in [2.75, 3.05) is 5.32 Å². The minimum absolute atomic E-state index is 0.206. The maximum atomic E-state index is 13.8. The molecule has 5 rings (SSSR count). The molecule has 30 heavy (non-hydrogen) atoms. The van der Waals surface area contributed by atoms with Crippen molar-refractivity contribution in [1.29, 1.82) is 0 Å². The molecule has 0 aliphatic heterocycles. The van der Waals surface area contributed by atoms with E-state index in [4.69, 9.17) is 16.0 Å². The van der Waals surface area contributed by atoms with E-state index in [0.717, 1.165) is 42.1 Å². The van der Waals surface area contributed by atoms with Gasteiger partial charge in [0.2, 0.25) is 0 Å². The monoisotopic (exact) mass is 423 g/mol. The lowest BCUT2D eigenvalue weighted by atomic mass is 9.75. The van der Waals surface area contributed by atoms with E-state index in [9.17, 15) is 4.39 Å². The van der Waals surface area contributed by atoms with Gasteiger partial charge in [0.05, 0.1) is 5.52 Å². The second kappa shape index (κ2) is 7.88. The van der Waals surface area contributed by atoms with Crippen molar-refractivity contribution in [3.63, 3.8) is 0 Å². The Morgan fingerprint density at radius 2 is 1.87 bits per heavy atom. The van der Waals surface area contributed by atoms with Crippen molar-refractivity contribution in [1.82, 2.24) is 9.97 Å². The molecule has 0 bridgehead atoms. The van der Waals surface area contributed by atoms with E-state index in [1.54, 1.807) is 18.2 Å². The molecule has 2 aromatic carbocycles. The van der Waals surface area contributed by atoms with Gasteiger partial charge in [0, 0.05) is 28.7 Å². The zero-order valence-electron chi connectivity index (χ0n) is 16.7. The van der Waals surface area contributed by atoms with E-state index in [2.05, 4.69) is 28.3 Å². The molecule has 2 aromatic heterocycles. The lowest BCUT2D eigenvalue weighted by Gasteiger charge is -2.33. The van der Waals surface area contributed by atoms with Gasteiger partial charge in [-0.3, -0.25) is 4.98 Å². The summed E-state index contributed by atoms with van der Waals surface area (Å²) >= 11 is 6.03. The molecule has 0 radical (unpaired) electrons. The van der Waals surface area contributed by atoms with Crippen LogP contribution in [0.4, 0.5) is 10.4 Å². The molecule has 1 aliphatic rings. The van der Waals surface area contributed by atoms with Gasteiger partial charge in [0.15, 0.2) is 5.58 Å². The van der Waals surface area contributed by atoms with Gasteiger partial charge in [-0.2, -0.15) is 4.98 Å². The summed E-state index contributed by atoms with van der Waals surface area (Å²) in [4.78, 5) is 8.90. The Kier molecular flexibility index (Phi) is 5.07. The quantitative estimate of drug-likeness (QED) is 0.386. The average Bonchev–Trinajstić information content (AvgIpc) is 3.14. The Hall–Kier alpha value is -2.66. The van der Waals surface area contributed by atoms with E-state index in [-0.39, 0.29) is 11.9 Å². The van der Waals surface area contributed by atoms with Crippen molar-refractivity contribution < 1.29 is 8.81 Å². The van der Waals surface area contributed by atoms with Crippen LogP contribution < -0.4 is 5.32 Å². The average molecular weight is 424 g/mol. The highest BCUT2D eigenvalue weighted by Gasteiger charge is 2.28. The zero-order chi connectivity index (χ0) is 20.7. The maximum absolute atomic E-state index is 13.8. The Morgan fingerprint density at radius 1 is 1.07 bits per heavy atom. The Morgan fingerprint density at radius 3 is 2.70 bits per heavy atom. The van der Waals surface area contributed by atoms with Crippen LogP contribution in [-0.2, 0) is 0 Å². The van der Waals surface area contributed by atoms with Gasteiger partial charge in [-0.15, -0.1) is 0 Å². The molecule has 1 N–H and O–H groups in total. The van der Waals surface area contributed by atoms with E-state index in [1.165, 1.54) is 11.6 Å². The number of halogens is 2. The van der Waals surface area contributed by atoms with Gasteiger partial charge in [0.1, 0.15) is 11.3 Å². The molecule has 1 fully saturated rings. The first-order valence-corrected chi connectivity index (χ1v) is 10.8. The number of fused-ring (bicyclic) bond motifs is 2. The summed E-state index contributed by atoms with van der Waals surface area (Å²) in [6, 6.07) is 13.2. The van der Waals surface area contributed by atoms with Crippen molar-refractivity contribution in [2.45, 2.75) is 44.6 Å². The van der Waals surface area contributed by atoms with E-state index in [0.29, 0.717) is 28.5 Å². The summed E-state index contributed by atoms with van der Waals surface area (Å²) < 4.78 is 19.6. The normalized spacial score (nSPS) is 20.5. The third-order valence-corrected chi connectivity index (χ3v) is 6.59. The van der Waals surface area contributed by atoms with Gasteiger partial charge < -0.3 is 9.73 Å². The fourth-order valence-electron chi connectivity index (χ4n) is 4.70. The number of pyridine rings is 1. The van der Waals surface area contributed by atoms with Crippen molar-refractivity contribution >= 4 is 39.6 Å². The maximum Gasteiger partial charge on any atom is 0.295 e. The van der Waals surface area contributed by atoms with Gasteiger partial charge >= 0.3 is 0 Å². The summed E-state index contributed by atoms with van der Waals surface area (Å²) in [5, 5.41) is 5.01. The van der Waals surface area contributed by atoms with Gasteiger partial charge in [-0.1, -0.05) is 11.6 Å². The Balaban J connectivity index is 1.27. The predicted octanol–water partition coefficient (Wildman–Crippen LogP) is 6.94. The molecule has 154 valence electrons. The Bertz CT molecular complexity index is 1200. The molecule has 4 nitrogen and oxygen atoms in total. The first-order valence-electron chi connectivity index (χ1n) is 10.4. The number of nitrogens with zero attached hydrogens (tertiary/aromatic N) is 2. The number of benzene rings is 2. The van der Waals surface area contributed by atoms with Crippen molar-refractivity contribution in [2.24, 2.45) is 5.92 Å². The molecule has 1 aliphatic carbocycles. The summed E-state index contributed by atoms with van der Waals surface area (Å²) in [7, 11) is 0. The molecule has 1 saturated carbocycles. The lowest BCUT2D eigenvalue weighted by Crippen LogP contribution is -2.29. The molecule has 2 heterocycles. The summed E-state index contributed by atoms with van der Waals surface area (Å²) in [6.45, 7) is 2.18. The van der Waals surface area contributed by atoms with Crippen LogP contribution in [0.2, 0.25) is 5.02 Å². The second-order valence-corrected chi connectivity index (χ2v) is 8.67. The fourth-order valence-corrected chi connectivity index (χ4v) is 4.86. The van der Waals surface area contributed by atoms with Crippen LogP contribution in [0.3, 0.4) is 0 Å². The third-order valence-electron chi connectivity index (χ3n) is 6.36. The number of nitrogens with one attached hydrogen (secondary N) is 1. The number of oxazole rings is 1. The summed E-state index contributed by atoms with van der Waals surface area (Å²) in [5.74, 6) is 0.764. The molecule has 1 unspecified atom stereocenters. The topological polar surface area (TPSA) is 51.0 Å². The number of hydrogen-bond acceptors (Lipinski definition) is 4. The lowest BCUT2D eigenvalue weighted by molar-refractivity contribution is 0.299. The van der Waals surface area contributed by atoms with E-state index < -0.39 is 0 Å². The molecule has 0 amide bonds. The zero-order valence-corrected chi connectivity index (χ0v) is 17.5. The van der Waals surface area contributed by atoms with E-state index >= 15 is 0 Å². The molecular weight excluding hydrogens is 401 g/mol. The highest BCUT2D eigenvalue weighted by molar-refractivity contribution is 6.31. The molecule has 4 aromatic rings.